The van der Waals surface area contributed by atoms with Gasteiger partial charge in [0.15, 0.2) is 0 Å². The molecule has 19 heavy (non-hydrogen) atoms. The van der Waals surface area contributed by atoms with E-state index in [-0.39, 0.29) is 0 Å². The van der Waals surface area contributed by atoms with Crippen molar-refractivity contribution in [3.63, 3.8) is 0 Å². The average Bonchev–Trinajstić information content (AvgIpc) is 2.47. The molecule has 1 aromatic carbocycles. The lowest BCUT2D eigenvalue weighted by Gasteiger charge is -2.34. The van der Waals surface area contributed by atoms with Crippen molar-refractivity contribution in [1.29, 1.82) is 0 Å². The molecule has 0 atom stereocenters. The molecular formula is C16H20O2S. The van der Waals surface area contributed by atoms with E-state index >= 15 is 0 Å². The molecule has 102 valence electrons. The molecular weight excluding hydrogens is 256 g/mol. The number of fused-ring (bicyclic) bond motifs is 1. The summed E-state index contributed by atoms with van der Waals surface area (Å²) in [5, 5.41) is 9.74. The van der Waals surface area contributed by atoms with Crippen LogP contribution >= 0.6 is 11.8 Å². The van der Waals surface area contributed by atoms with Gasteiger partial charge in [0, 0.05) is 4.90 Å². The van der Waals surface area contributed by atoms with Crippen LogP contribution in [0.3, 0.4) is 0 Å². The van der Waals surface area contributed by atoms with Crippen LogP contribution in [0, 0.1) is 0 Å². The van der Waals surface area contributed by atoms with Crippen molar-refractivity contribution < 1.29 is 9.90 Å². The quantitative estimate of drug-likeness (QED) is 0.886. The van der Waals surface area contributed by atoms with Crippen LogP contribution in [0.25, 0.3) is 0 Å². The van der Waals surface area contributed by atoms with Crippen molar-refractivity contribution in [3.05, 3.63) is 29.3 Å². The summed E-state index contributed by atoms with van der Waals surface area (Å²) in [7, 11) is 0. The number of carboxylic acids is 1. The van der Waals surface area contributed by atoms with Gasteiger partial charge in [-0.25, -0.2) is 0 Å². The van der Waals surface area contributed by atoms with Crippen molar-refractivity contribution in [1.82, 2.24) is 0 Å². The van der Waals surface area contributed by atoms with E-state index in [0.29, 0.717) is 0 Å². The van der Waals surface area contributed by atoms with Gasteiger partial charge < -0.3 is 5.11 Å². The summed E-state index contributed by atoms with van der Waals surface area (Å²) in [6.07, 6.45) is 7.17. The molecule has 0 saturated heterocycles. The Hall–Kier alpha value is -0.960. The highest BCUT2D eigenvalue weighted by Gasteiger charge is 2.41. The molecule has 0 spiro atoms. The molecule has 1 saturated carbocycles. The Kier molecular flexibility index (Phi) is 3.57. The van der Waals surface area contributed by atoms with E-state index in [9.17, 15) is 9.90 Å². The molecule has 0 unspecified atom stereocenters. The smallest absolute Gasteiger partial charge is 0.314 e. The average molecular weight is 276 g/mol. The normalized spacial score (nSPS) is 21.7. The maximum atomic E-state index is 11.8. The number of aryl methyl sites for hydroxylation is 1. The molecule has 3 heteroatoms. The van der Waals surface area contributed by atoms with E-state index in [4.69, 9.17) is 0 Å². The number of hydrogen-bond donors (Lipinski definition) is 1. The zero-order valence-electron chi connectivity index (χ0n) is 11.2. The maximum absolute atomic E-state index is 11.8. The summed E-state index contributed by atoms with van der Waals surface area (Å²) >= 11 is 1.90. The lowest BCUT2D eigenvalue weighted by molar-refractivity contribution is -0.145. The standard InChI is InChI=1S/C16H20O2S/c17-15(18)16(8-2-1-3-9-16)13-6-7-14-12(11-13)5-4-10-19-14/h6-7,11H,1-5,8-10H2,(H,17,18). The molecule has 1 N–H and O–H groups in total. The molecule has 2 aliphatic rings. The highest BCUT2D eigenvalue weighted by Crippen LogP contribution is 2.42. The van der Waals surface area contributed by atoms with Crippen molar-refractivity contribution in [3.8, 4) is 0 Å². The molecule has 0 aromatic heterocycles. The van der Waals surface area contributed by atoms with Gasteiger partial charge in [0.25, 0.3) is 0 Å². The van der Waals surface area contributed by atoms with Gasteiger partial charge in [0.2, 0.25) is 0 Å². The first-order valence-electron chi connectivity index (χ1n) is 7.22. The highest BCUT2D eigenvalue weighted by atomic mass is 32.2. The van der Waals surface area contributed by atoms with E-state index in [1.165, 1.54) is 29.1 Å². The summed E-state index contributed by atoms with van der Waals surface area (Å²) < 4.78 is 0. The molecule has 2 nitrogen and oxygen atoms in total. The van der Waals surface area contributed by atoms with Crippen LogP contribution in [-0.2, 0) is 16.6 Å². The van der Waals surface area contributed by atoms with Crippen molar-refractivity contribution in [2.75, 3.05) is 5.75 Å². The lowest BCUT2D eigenvalue weighted by Crippen LogP contribution is -2.38. The minimum Gasteiger partial charge on any atom is -0.481 e. The second-order valence-electron chi connectivity index (χ2n) is 5.72. The second-order valence-corrected chi connectivity index (χ2v) is 6.86. The Bertz CT molecular complexity index is 490. The fourth-order valence-electron chi connectivity index (χ4n) is 3.44. The third-order valence-corrected chi connectivity index (χ3v) is 5.78. The molecule has 1 heterocycles. The first-order chi connectivity index (χ1) is 9.22. The molecule has 1 aliphatic carbocycles. The third kappa shape index (κ3) is 2.29. The third-order valence-electron chi connectivity index (χ3n) is 4.58. The van der Waals surface area contributed by atoms with E-state index in [2.05, 4.69) is 18.2 Å². The van der Waals surface area contributed by atoms with Crippen molar-refractivity contribution in [2.24, 2.45) is 0 Å². The molecule has 3 rings (SSSR count). The monoisotopic (exact) mass is 276 g/mol. The zero-order valence-corrected chi connectivity index (χ0v) is 12.0. The minimum atomic E-state index is -0.629. The summed E-state index contributed by atoms with van der Waals surface area (Å²) in [5.41, 5.74) is 1.79. The van der Waals surface area contributed by atoms with E-state index in [0.717, 1.165) is 37.7 Å². The molecule has 0 amide bonds. The summed E-state index contributed by atoms with van der Waals surface area (Å²) in [6, 6.07) is 6.39. The van der Waals surface area contributed by atoms with Crippen LogP contribution in [0.5, 0.6) is 0 Å². The fraction of sp³-hybridized carbons (Fsp3) is 0.562. The van der Waals surface area contributed by atoms with Gasteiger partial charge in [0.05, 0.1) is 5.41 Å². The number of carbonyl (C=O) groups is 1. The number of carboxylic acid groups (broad SMARTS) is 1. The molecule has 0 radical (unpaired) electrons. The van der Waals surface area contributed by atoms with Crippen molar-refractivity contribution in [2.45, 2.75) is 55.3 Å². The molecule has 0 bridgehead atoms. The van der Waals surface area contributed by atoms with Gasteiger partial charge in [-0.1, -0.05) is 31.4 Å². The minimum absolute atomic E-state index is 0.616. The van der Waals surface area contributed by atoms with Gasteiger partial charge in [-0.3, -0.25) is 4.79 Å². The number of rotatable bonds is 2. The SMILES string of the molecule is O=C(O)C1(c2ccc3c(c2)CCCS3)CCCCC1. The number of hydrogen-bond acceptors (Lipinski definition) is 2. The van der Waals surface area contributed by atoms with Crippen molar-refractivity contribution >= 4 is 17.7 Å². The van der Waals surface area contributed by atoms with Gasteiger partial charge in [-0.05, 0) is 48.6 Å². The van der Waals surface area contributed by atoms with E-state index < -0.39 is 11.4 Å². The number of aliphatic carboxylic acids is 1. The van der Waals surface area contributed by atoms with Crippen LogP contribution in [0.4, 0.5) is 0 Å². The van der Waals surface area contributed by atoms with Crippen LogP contribution in [0.15, 0.2) is 23.1 Å². The molecule has 1 aliphatic heterocycles. The van der Waals surface area contributed by atoms with Gasteiger partial charge in [-0.2, -0.15) is 0 Å². The Balaban J connectivity index is 2.01. The van der Waals surface area contributed by atoms with Gasteiger partial charge in [0.1, 0.15) is 0 Å². The fourth-order valence-corrected chi connectivity index (χ4v) is 4.46. The van der Waals surface area contributed by atoms with E-state index in [1.807, 2.05) is 11.8 Å². The Morgan fingerprint density at radius 1 is 1.16 bits per heavy atom. The van der Waals surface area contributed by atoms with Crippen LogP contribution < -0.4 is 0 Å². The summed E-state index contributed by atoms with van der Waals surface area (Å²) in [6.45, 7) is 0. The van der Waals surface area contributed by atoms with Crippen LogP contribution in [-0.4, -0.2) is 16.8 Å². The molecule has 1 aromatic rings. The maximum Gasteiger partial charge on any atom is 0.314 e. The first kappa shape index (κ1) is 13.0. The summed E-state index contributed by atoms with van der Waals surface area (Å²) in [5.74, 6) is 0.562. The largest absolute Gasteiger partial charge is 0.481 e. The first-order valence-corrected chi connectivity index (χ1v) is 8.20. The predicted octanol–water partition coefficient (Wildman–Crippen LogP) is 4.01. The number of benzene rings is 1. The summed E-state index contributed by atoms with van der Waals surface area (Å²) in [4.78, 5) is 13.2. The van der Waals surface area contributed by atoms with Gasteiger partial charge >= 0.3 is 5.97 Å². The Morgan fingerprint density at radius 3 is 2.68 bits per heavy atom. The molecule has 1 fully saturated rings. The lowest BCUT2D eigenvalue weighted by atomic mass is 9.69. The van der Waals surface area contributed by atoms with E-state index in [1.54, 1.807) is 0 Å². The number of thioether (sulfide) groups is 1. The Morgan fingerprint density at radius 2 is 1.95 bits per heavy atom. The van der Waals surface area contributed by atoms with Crippen LogP contribution in [0.2, 0.25) is 0 Å². The second kappa shape index (κ2) is 5.20. The van der Waals surface area contributed by atoms with Crippen LogP contribution in [0.1, 0.15) is 49.7 Å². The predicted molar refractivity (Wildman–Crippen MR) is 77.9 cm³/mol. The zero-order chi connectivity index (χ0) is 13.3. The van der Waals surface area contributed by atoms with Gasteiger partial charge in [-0.15, -0.1) is 11.8 Å². The topological polar surface area (TPSA) is 37.3 Å². The highest BCUT2D eigenvalue weighted by molar-refractivity contribution is 7.99. The Labute approximate surface area is 118 Å².